The van der Waals surface area contributed by atoms with Crippen molar-refractivity contribution in [3.05, 3.63) is 0 Å². The third kappa shape index (κ3) is 8.88. The molecule has 0 rings (SSSR count). The molecule has 0 spiro atoms. The first-order valence-electron chi connectivity index (χ1n) is 5.47. The molecule has 0 aliphatic carbocycles. The highest BCUT2D eigenvalue weighted by Crippen LogP contribution is 1.94. The van der Waals surface area contributed by atoms with Crippen LogP contribution < -0.4 is 0 Å². The number of rotatable bonds is 10. The fraction of sp³-hybridized carbons (Fsp3) is 0.800. The largest absolute Gasteiger partial charge is 0.467 e. The minimum atomic E-state index is -0.648. The summed E-state index contributed by atoms with van der Waals surface area (Å²) in [6.07, 6.45) is 0.0289. The van der Waals surface area contributed by atoms with Crippen LogP contribution in [0.25, 0.3) is 0 Å². The van der Waals surface area contributed by atoms with Gasteiger partial charge in [-0.25, -0.2) is 9.59 Å². The van der Waals surface area contributed by atoms with Crippen molar-refractivity contribution >= 4 is 11.9 Å². The van der Waals surface area contributed by atoms with Gasteiger partial charge in [-0.1, -0.05) is 0 Å². The minimum absolute atomic E-state index is 0.0289. The van der Waals surface area contributed by atoms with Crippen molar-refractivity contribution in [2.75, 3.05) is 46.6 Å². The molecule has 0 aromatic rings. The highest BCUT2D eigenvalue weighted by Gasteiger charge is 2.10. The molecule has 0 heterocycles. The zero-order valence-corrected chi connectivity index (χ0v) is 10.3. The quantitative estimate of drug-likeness (QED) is 0.274. The molecule has 0 bridgehead atoms. The van der Waals surface area contributed by atoms with Gasteiger partial charge in [-0.05, 0) is 0 Å². The van der Waals surface area contributed by atoms with Gasteiger partial charge in [0.15, 0.2) is 6.61 Å². The molecule has 8 nitrogen and oxygen atoms in total. The predicted molar refractivity (Wildman–Crippen MR) is 59.3 cm³/mol. The first-order chi connectivity index (χ1) is 8.63. The van der Waals surface area contributed by atoms with E-state index in [2.05, 4.69) is 14.5 Å². The highest BCUT2D eigenvalue weighted by molar-refractivity contribution is 5.71. The Morgan fingerprint density at radius 1 is 1.06 bits per heavy atom. The van der Waals surface area contributed by atoms with Crippen molar-refractivity contribution in [1.29, 1.82) is 0 Å². The summed E-state index contributed by atoms with van der Waals surface area (Å²) in [6.45, 7) is 0.455. The Kier molecular flexibility index (Phi) is 10.2. The number of ether oxygens (including phenoxy) is 1. The Balaban J connectivity index is 3.69. The second-order valence-electron chi connectivity index (χ2n) is 3.33. The molecule has 0 radical (unpaired) electrons. The lowest BCUT2D eigenvalue weighted by molar-refractivity contribution is -0.271. The number of aliphatic hydroxyl groups excluding tert-OH is 2. The number of hydrogen-bond donors (Lipinski definition) is 2. The van der Waals surface area contributed by atoms with E-state index in [9.17, 15) is 9.59 Å². The van der Waals surface area contributed by atoms with Gasteiger partial charge in [0.1, 0.15) is 0 Å². The molecular formula is C10H19NO7. The van der Waals surface area contributed by atoms with Crippen LogP contribution in [-0.2, 0) is 24.1 Å². The van der Waals surface area contributed by atoms with Crippen LogP contribution >= 0.6 is 0 Å². The molecule has 0 aliphatic rings. The molecule has 0 aliphatic heterocycles. The van der Waals surface area contributed by atoms with Gasteiger partial charge in [0.2, 0.25) is 0 Å². The molecule has 2 N–H and O–H groups in total. The topological polar surface area (TPSA) is 106 Å². The summed E-state index contributed by atoms with van der Waals surface area (Å²) in [5.74, 6) is -1.29. The van der Waals surface area contributed by atoms with E-state index < -0.39 is 18.5 Å². The summed E-state index contributed by atoms with van der Waals surface area (Å²) in [5.41, 5.74) is 0. The molecule has 106 valence electrons. The number of nitrogens with zero attached hydrogens (tertiary/aromatic N) is 1. The number of aliphatic hydroxyl groups is 2. The smallest absolute Gasteiger partial charge is 0.343 e. The van der Waals surface area contributed by atoms with Crippen LogP contribution in [0.4, 0.5) is 0 Å². The SMILES string of the molecule is COC(=O)COOC(=O)CCN(CCO)CCO. The van der Waals surface area contributed by atoms with Crippen molar-refractivity contribution in [1.82, 2.24) is 4.90 Å². The Labute approximate surface area is 105 Å². The Morgan fingerprint density at radius 2 is 1.67 bits per heavy atom. The number of hydrogen-bond acceptors (Lipinski definition) is 8. The standard InChI is InChI=1S/C10H19NO7/c1-16-10(15)8-17-18-9(14)2-3-11(4-6-12)5-7-13/h12-13H,2-8H2,1H3. The second-order valence-corrected chi connectivity index (χ2v) is 3.33. The van der Waals surface area contributed by atoms with Gasteiger partial charge < -0.3 is 14.9 Å². The first-order valence-corrected chi connectivity index (χ1v) is 5.47. The van der Waals surface area contributed by atoms with E-state index in [0.717, 1.165) is 0 Å². The van der Waals surface area contributed by atoms with Crippen LogP contribution in [-0.4, -0.2) is 73.6 Å². The van der Waals surface area contributed by atoms with Gasteiger partial charge in [0.25, 0.3) is 0 Å². The van der Waals surface area contributed by atoms with Gasteiger partial charge >= 0.3 is 11.9 Å². The first kappa shape index (κ1) is 16.8. The van der Waals surface area contributed by atoms with Crippen LogP contribution in [0.15, 0.2) is 0 Å². The maximum absolute atomic E-state index is 11.2. The zero-order chi connectivity index (χ0) is 13.8. The summed E-state index contributed by atoms with van der Waals surface area (Å²) < 4.78 is 4.28. The Bertz CT molecular complexity index is 240. The van der Waals surface area contributed by atoms with E-state index in [0.29, 0.717) is 19.6 Å². The molecule has 0 saturated carbocycles. The van der Waals surface area contributed by atoms with Crippen molar-refractivity contribution in [3.8, 4) is 0 Å². The lowest BCUT2D eigenvalue weighted by atomic mass is 10.3. The minimum Gasteiger partial charge on any atom is -0.467 e. The summed E-state index contributed by atoms with van der Waals surface area (Å²) in [7, 11) is 1.19. The van der Waals surface area contributed by atoms with Crippen molar-refractivity contribution in [2.24, 2.45) is 0 Å². The summed E-state index contributed by atoms with van der Waals surface area (Å²) in [4.78, 5) is 32.2. The van der Waals surface area contributed by atoms with Crippen molar-refractivity contribution in [2.45, 2.75) is 6.42 Å². The lowest BCUT2D eigenvalue weighted by Crippen LogP contribution is -2.32. The Hall–Kier alpha value is -1.22. The molecular weight excluding hydrogens is 246 g/mol. The number of carbonyl (C=O) groups is 2. The number of methoxy groups -OCH3 is 1. The Morgan fingerprint density at radius 3 is 2.17 bits per heavy atom. The third-order valence-corrected chi connectivity index (χ3v) is 2.02. The van der Waals surface area contributed by atoms with E-state index in [-0.39, 0.29) is 19.6 Å². The third-order valence-electron chi connectivity index (χ3n) is 2.02. The fourth-order valence-electron chi connectivity index (χ4n) is 1.11. The predicted octanol–water partition coefficient (Wildman–Crippen LogP) is -1.69. The van der Waals surface area contributed by atoms with Crippen LogP contribution in [0.3, 0.4) is 0 Å². The van der Waals surface area contributed by atoms with Gasteiger partial charge in [-0.2, -0.15) is 4.89 Å². The fourth-order valence-corrected chi connectivity index (χ4v) is 1.11. The summed E-state index contributed by atoms with van der Waals surface area (Å²) in [6, 6.07) is 0. The second kappa shape index (κ2) is 10.9. The van der Waals surface area contributed by atoms with E-state index in [1.54, 1.807) is 4.90 Å². The van der Waals surface area contributed by atoms with Gasteiger partial charge in [-0.15, -0.1) is 0 Å². The molecule has 0 amide bonds. The lowest BCUT2D eigenvalue weighted by Gasteiger charge is -2.18. The van der Waals surface area contributed by atoms with Crippen molar-refractivity contribution in [3.63, 3.8) is 0 Å². The molecule has 18 heavy (non-hydrogen) atoms. The van der Waals surface area contributed by atoms with E-state index in [1.165, 1.54) is 7.11 Å². The van der Waals surface area contributed by atoms with Gasteiger partial charge in [-0.3, -0.25) is 9.79 Å². The van der Waals surface area contributed by atoms with Gasteiger partial charge in [0.05, 0.1) is 26.7 Å². The zero-order valence-electron chi connectivity index (χ0n) is 10.3. The van der Waals surface area contributed by atoms with Crippen LogP contribution in [0, 0.1) is 0 Å². The maximum Gasteiger partial charge on any atom is 0.343 e. The molecule has 0 unspecified atom stereocenters. The molecule has 0 aromatic carbocycles. The number of carbonyl (C=O) groups excluding carboxylic acids is 2. The summed E-state index contributed by atoms with van der Waals surface area (Å²) >= 11 is 0. The molecule has 0 saturated heterocycles. The van der Waals surface area contributed by atoms with Crippen LogP contribution in [0.2, 0.25) is 0 Å². The molecule has 8 heteroatoms. The molecule has 0 atom stereocenters. The van der Waals surface area contributed by atoms with Crippen molar-refractivity contribution < 1.29 is 34.3 Å². The van der Waals surface area contributed by atoms with Gasteiger partial charge in [0, 0.05) is 19.6 Å². The van der Waals surface area contributed by atoms with E-state index in [1.807, 2.05) is 0 Å². The average Bonchev–Trinajstić information content (AvgIpc) is 2.36. The van der Waals surface area contributed by atoms with E-state index >= 15 is 0 Å². The molecule has 0 fully saturated rings. The maximum atomic E-state index is 11.2. The normalized spacial score (nSPS) is 10.4. The average molecular weight is 265 g/mol. The molecule has 0 aromatic heterocycles. The highest BCUT2D eigenvalue weighted by atomic mass is 17.2. The number of esters is 1. The van der Waals surface area contributed by atoms with E-state index in [4.69, 9.17) is 10.2 Å². The van der Waals surface area contributed by atoms with Crippen LogP contribution in [0.1, 0.15) is 6.42 Å². The van der Waals surface area contributed by atoms with Crippen LogP contribution in [0.5, 0.6) is 0 Å². The monoisotopic (exact) mass is 265 g/mol. The summed E-state index contributed by atoms with van der Waals surface area (Å²) in [5, 5.41) is 17.5.